The van der Waals surface area contributed by atoms with Gasteiger partial charge in [-0.2, -0.15) is 0 Å². The average molecular weight is 632 g/mol. The molecule has 1 N–H and O–H groups in total. The number of dihydropyridines is 1. The maximum atomic E-state index is 13.5. The van der Waals surface area contributed by atoms with E-state index in [1.807, 2.05) is 42.5 Å². The Kier molecular flexibility index (Phi) is 6.85. The lowest BCUT2D eigenvalue weighted by atomic mass is 9.80. The molecule has 1 aliphatic carbocycles. The Balaban J connectivity index is 1.57. The number of ether oxygens (including phenoxy) is 2. The number of carbonyl (C=O) groups is 2. The zero-order chi connectivity index (χ0) is 25.6. The van der Waals surface area contributed by atoms with E-state index < -0.39 is 11.9 Å². The molecule has 5 rings (SSSR count). The number of carbonyl (C=O) groups excluding carboxylic acids is 2. The van der Waals surface area contributed by atoms with Crippen LogP contribution in [0, 0.1) is 3.57 Å². The van der Waals surface area contributed by atoms with Gasteiger partial charge in [-0.25, -0.2) is 4.79 Å². The summed E-state index contributed by atoms with van der Waals surface area (Å²) < 4.78 is 12.2. The predicted molar refractivity (Wildman–Crippen MR) is 148 cm³/mol. The normalized spacial score (nSPS) is 16.5. The van der Waals surface area contributed by atoms with E-state index in [1.54, 1.807) is 25.1 Å². The van der Waals surface area contributed by atoms with Crippen LogP contribution in [-0.4, -0.2) is 18.9 Å². The third kappa shape index (κ3) is 4.31. The Morgan fingerprint density at radius 3 is 2.31 bits per heavy atom. The summed E-state index contributed by atoms with van der Waals surface area (Å²) in [6.07, 6.45) is 0. The van der Waals surface area contributed by atoms with Gasteiger partial charge < -0.3 is 14.8 Å². The van der Waals surface area contributed by atoms with E-state index in [0.29, 0.717) is 46.0 Å². The number of rotatable bonds is 5. The second-order valence-corrected chi connectivity index (χ2v) is 10.5. The van der Waals surface area contributed by atoms with Crippen molar-refractivity contribution >= 4 is 63.2 Å². The smallest absolute Gasteiger partial charge is 0.336 e. The number of esters is 1. The monoisotopic (exact) mass is 631 g/mol. The van der Waals surface area contributed by atoms with Gasteiger partial charge in [-0.15, -0.1) is 0 Å². The van der Waals surface area contributed by atoms with E-state index in [2.05, 4.69) is 27.9 Å². The summed E-state index contributed by atoms with van der Waals surface area (Å²) in [6.45, 7) is 2.08. The minimum absolute atomic E-state index is 0.154. The average Bonchev–Trinajstić information content (AvgIpc) is 3.14. The molecule has 0 bridgehead atoms. The van der Waals surface area contributed by atoms with E-state index in [4.69, 9.17) is 32.7 Å². The van der Waals surface area contributed by atoms with Gasteiger partial charge in [0.05, 0.1) is 28.4 Å². The lowest BCUT2D eigenvalue weighted by molar-refractivity contribution is -0.136. The maximum Gasteiger partial charge on any atom is 0.336 e. The molecule has 0 unspecified atom stereocenters. The van der Waals surface area contributed by atoms with E-state index in [9.17, 15) is 9.59 Å². The van der Waals surface area contributed by atoms with Crippen LogP contribution in [0.2, 0.25) is 10.0 Å². The van der Waals surface area contributed by atoms with Crippen LogP contribution in [0.3, 0.4) is 0 Å². The van der Waals surface area contributed by atoms with Gasteiger partial charge in [0.25, 0.3) is 0 Å². The van der Waals surface area contributed by atoms with Crippen LogP contribution in [0.15, 0.2) is 77.5 Å². The van der Waals surface area contributed by atoms with Crippen LogP contribution in [0.25, 0.3) is 5.70 Å². The molecule has 36 heavy (non-hydrogen) atoms. The van der Waals surface area contributed by atoms with Crippen LogP contribution in [-0.2, 0) is 16.1 Å². The number of halogens is 3. The summed E-state index contributed by atoms with van der Waals surface area (Å²) in [7, 11) is 1.32. The van der Waals surface area contributed by atoms with Gasteiger partial charge in [-0.1, -0.05) is 59.6 Å². The molecule has 3 aromatic carbocycles. The first-order chi connectivity index (χ1) is 17.3. The van der Waals surface area contributed by atoms with Crippen molar-refractivity contribution < 1.29 is 19.1 Å². The number of hydrogen-bond donors (Lipinski definition) is 1. The van der Waals surface area contributed by atoms with Crippen molar-refractivity contribution in [3.63, 3.8) is 0 Å². The quantitative estimate of drug-likeness (QED) is 0.245. The molecular formula is C28H20Cl2INO4. The predicted octanol–water partition coefficient (Wildman–Crippen LogP) is 6.92. The number of ketones is 1. The first kappa shape index (κ1) is 24.9. The summed E-state index contributed by atoms with van der Waals surface area (Å²) in [6, 6.07) is 18.7. The van der Waals surface area contributed by atoms with Gasteiger partial charge in [-0.3, -0.25) is 4.79 Å². The molecule has 3 aromatic rings. The number of hydrogen-bond acceptors (Lipinski definition) is 5. The van der Waals surface area contributed by atoms with Crippen molar-refractivity contribution in [1.82, 2.24) is 5.32 Å². The topological polar surface area (TPSA) is 64.6 Å². The SMILES string of the molecule is COC(=O)C1=C(C)NC2=C(C(=O)c3ccccc32)[C@@H]1c1cc(Cl)c(OCc2ccc(I)cc2)c(Cl)c1. The molecule has 0 spiro atoms. The Hall–Kier alpha value is -2.81. The third-order valence-corrected chi connectivity index (χ3v) is 7.59. The Morgan fingerprint density at radius 2 is 1.67 bits per heavy atom. The number of methoxy groups -OCH3 is 1. The Bertz CT molecular complexity index is 1450. The van der Waals surface area contributed by atoms with Gasteiger partial charge >= 0.3 is 5.97 Å². The van der Waals surface area contributed by atoms with Crippen molar-refractivity contribution in [1.29, 1.82) is 0 Å². The van der Waals surface area contributed by atoms with Gasteiger partial charge in [0.1, 0.15) is 6.61 Å². The second kappa shape index (κ2) is 9.92. The highest BCUT2D eigenvalue weighted by Gasteiger charge is 2.43. The fourth-order valence-corrected chi connectivity index (χ4v) is 5.64. The highest BCUT2D eigenvalue weighted by Crippen LogP contribution is 2.48. The molecule has 1 atom stereocenters. The molecule has 8 heteroatoms. The van der Waals surface area contributed by atoms with Gasteiger partial charge in [0, 0.05) is 31.9 Å². The van der Waals surface area contributed by atoms with Gasteiger partial charge in [0.2, 0.25) is 0 Å². The van der Waals surface area contributed by atoms with E-state index in [-0.39, 0.29) is 15.8 Å². The molecule has 1 heterocycles. The lowest BCUT2D eigenvalue weighted by Gasteiger charge is -2.29. The van der Waals surface area contributed by atoms with Crippen LogP contribution >= 0.6 is 45.8 Å². The first-order valence-corrected chi connectivity index (χ1v) is 12.9. The molecule has 0 amide bonds. The summed E-state index contributed by atoms with van der Waals surface area (Å²) in [5, 5.41) is 3.83. The molecule has 0 saturated heterocycles. The molecule has 2 aliphatic rings. The number of Topliss-reactive ketones (excluding diaryl/α,β-unsaturated/α-hetero) is 1. The number of allylic oxidation sites excluding steroid dienone is 2. The van der Waals surface area contributed by atoms with Crippen LogP contribution in [0.4, 0.5) is 0 Å². The van der Waals surface area contributed by atoms with Crippen molar-refractivity contribution in [2.75, 3.05) is 7.11 Å². The zero-order valence-electron chi connectivity index (χ0n) is 19.3. The molecule has 5 nitrogen and oxygen atoms in total. The Morgan fingerprint density at radius 1 is 1.03 bits per heavy atom. The molecular weight excluding hydrogens is 612 g/mol. The summed E-state index contributed by atoms with van der Waals surface area (Å²) in [5.41, 5.74) is 5.01. The zero-order valence-corrected chi connectivity index (χ0v) is 23.0. The first-order valence-electron chi connectivity index (χ1n) is 11.1. The van der Waals surface area contributed by atoms with Crippen LogP contribution in [0.1, 0.15) is 39.9 Å². The van der Waals surface area contributed by atoms with Crippen molar-refractivity contribution in [2.45, 2.75) is 19.4 Å². The van der Waals surface area contributed by atoms with Gasteiger partial charge in [-0.05, 0) is 64.9 Å². The van der Waals surface area contributed by atoms with E-state index in [1.165, 1.54) is 7.11 Å². The molecule has 182 valence electrons. The fraction of sp³-hybridized carbons (Fsp3) is 0.143. The van der Waals surface area contributed by atoms with Crippen molar-refractivity contribution in [3.8, 4) is 5.75 Å². The van der Waals surface area contributed by atoms with Crippen LogP contribution < -0.4 is 10.1 Å². The largest absolute Gasteiger partial charge is 0.486 e. The van der Waals surface area contributed by atoms with E-state index in [0.717, 1.165) is 14.7 Å². The lowest BCUT2D eigenvalue weighted by Crippen LogP contribution is -2.29. The number of benzene rings is 3. The minimum atomic E-state index is -0.714. The van der Waals surface area contributed by atoms with Crippen LogP contribution in [0.5, 0.6) is 5.75 Å². The summed E-state index contributed by atoms with van der Waals surface area (Å²) in [4.78, 5) is 26.4. The third-order valence-electron chi connectivity index (χ3n) is 6.30. The molecule has 1 aliphatic heterocycles. The summed E-state index contributed by atoms with van der Waals surface area (Å²) >= 11 is 15.5. The second-order valence-electron chi connectivity index (χ2n) is 8.48. The summed E-state index contributed by atoms with van der Waals surface area (Å²) in [5.74, 6) is -1.07. The highest BCUT2D eigenvalue weighted by molar-refractivity contribution is 14.1. The molecule has 0 aromatic heterocycles. The molecule has 0 saturated carbocycles. The standard InChI is InChI=1S/C28H20Cl2INO4/c1-14-22(28(34)35-2)23(24-25(32-14)18-5-3-4-6-19(18)26(24)33)16-11-20(29)27(21(30)12-16)36-13-15-7-9-17(31)10-8-15/h3-12,23,32H,13H2,1-2H3/t23-/m1/s1. The fourth-order valence-electron chi connectivity index (χ4n) is 4.66. The van der Waals surface area contributed by atoms with Gasteiger partial charge in [0.15, 0.2) is 11.5 Å². The van der Waals surface area contributed by atoms with Crippen molar-refractivity contribution in [3.05, 3.63) is 113 Å². The molecule has 0 fully saturated rings. The maximum absolute atomic E-state index is 13.5. The Labute approximate surface area is 232 Å². The highest BCUT2D eigenvalue weighted by atomic mass is 127. The van der Waals surface area contributed by atoms with E-state index >= 15 is 0 Å². The number of fused-ring (bicyclic) bond motifs is 2. The minimum Gasteiger partial charge on any atom is -0.486 e. The molecule has 0 radical (unpaired) electrons. The number of nitrogens with one attached hydrogen (secondary N) is 1. The van der Waals surface area contributed by atoms with Crippen molar-refractivity contribution in [2.24, 2.45) is 0 Å².